The maximum Gasteiger partial charge on any atom is 0.418 e. The molecule has 1 fully saturated rings. The third kappa shape index (κ3) is 3.92. The Balaban J connectivity index is 1.51. The SMILES string of the molecule is O=C1Nc2c(cccc2C(F)(F)F)[C@@H]1N=Nc1ccc(C(=O)N2CCCCC2)cc1. The lowest BCUT2D eigenvalue weighted by Gasteiger charge is -2.26. The molecule has 156 valence electrons. The average Bonchev–Trinajstić information content (AvgIpc) is 3.07. The van der Waals surface area contributed by atoms with Gasteiger partial charge in [-0.15, -0.1) is 0 Å². The molecular weight excluding hydrogens is 397 g/mol. The lowest BCUT2D eigenvalue weighted by atomic mass is 10.0. The number of hydrogen-bond donors (Lipinski definition) is 1. The topological polar surface area (TPSA) is 74.1 Å². The minimum absolute atomic E-state index is 0.0398. The highest BCUT2D eigenvalue weighted by Gasteiger charge is 2.40. The molecule has 1 N–H and O–H groups in total. The van der Waals surface area contributed by atoms with Gasteiger partial charge >= 0.3 is 6.18 Å². The van der Waals surface area contributed by atoms with E-state index in [0.717, 1.165) is 38.4 Å². The monoisotopic (exact) mass is 416 g/mol. The minimum atomic E-state index is -4.58. The molecule has 2 aromatic rings. The molecule has 0 saturated carbocycles. The van der Waals surface area contributed by atoms with E-state index in [9.17, 15) is 22.8 Å². The van der Waals surface area contributed by atoms with Crippen molar-refractivity contribution in [3.05, 3.63) is 59.2 Å². The van der Waals surface area contributed by atoms with Gasteiger partial charge in [0.15, 0.2) is 6.04 Å². The lowest BCUT2D eigenvalue weighted by Crippen LogP contribution is -2.35. The van der Waals surface area contributed by atoms with Crippen molar-refractivity contribution in [1.29, 1.82) is 0 Å². The number of azo groups is 1. The normalized spacial score (nSPS) is 19.1. The summed E-state index contributed by atoms with van der Waals surface area (Å²) in [5, 5.41) is 10.2. The van der Waals surface area contributed by atoms with Crippen LogP contribution in [0, 0.1) is 0 Å². The standard InChI is InChI=1S/C21H19F3N4O2/c22-21(23,24)16-6-4-5-15-17(16)25-19(29)18(15)27-26-14-9-7-13(8-10-14)20(30)28-11-2-1-3-12-28/h4-10,18H,1-3,11-12H2,(H,25,29)/t18-/m0/s1. The summed E-state index contributed by atoms with van der Waals surface area (Å²) in [5.41, 5.74) is -0.114. The van der Waals surface area contributed by atoms with E-state index in [4.69, 9.17) is 0 Å². The first-order valence-corrected chi connectivity index (χ1v) is 9.66. The number of fused-ring (bicyclic) bond motifs is 1. The Hall–Kier alpha value is -3.23. The molecule has 30 heavy (non-hydrogen) atoms. The Bertz CT molecular complexity index is 996. The van der Waals surface area contributed by atoms with Crippen molar-refractivity contribution in [2.75, 3.05) is 18.4 Å². The summed E-state index contributed by atoms with van der Waals surface area (Å²) in [6.07, 6.45) is -1.45. The van der Waals surface area contributed by atoms with Gasteiger partial charge in [0, 0.05) is 24.2 Å². The zero-order valence-electron chi connectivity index (χ0n) is 15.9. The van der Waals surface area contributed by atoms with Crippen LogP contribution in [0.2, 0.25) is 0 Å². The van der Waals surface area contributed by atoms with Gasteiger partial charge in [0.05, 0.1) is 16.9 Å². The van der Waals surface area contributed by atoms with Crippen LogP contribution in [-0.4, -0.2) is 29.8 Å². The number of anilines is 1. The molecule has 0 aromatic heterocycles. The number of halogens is 3. The van der Waals surface area contributed by atoms with Crippen LogP contribution in [0.3, 0.4) is 0 Å². The predicted molar refractivity (Wildman–Crippen MR) is 104 cm³/mol. The van der Waals surface area contributed by atoms with Crippen LogP contribution in [0.15, 0.2) is 52.7 Å². The van der Waals surface area contributed by atoms with Crippen LogP contribution >= 0.6 is 0 Å². The van der Waals surface area contributed by atoms with Crippen molar-refractivity contribution < 1.29 is 22.8 Å². The summed E-state index contributed by atoms with van der Waals surface area (Å²) >= 11 is 0. The van der Waals surface area contributed by atoms with Crippen LogP contribution in [-0.2, 0) is 11.0 Å². The number of rotatable bonds is 3. The molecular formula is C21H19F3N4O2. The molecule has 6 nitrogen and oxygen atoms in total. The highest BCUT2D eigenvalue weighted by atomic mass is 19.4. The van der Waals surface area contributed by atoms with Gasteiger partial charge in [-0.1, -0.05) is 12.1 Å². The first-order valence-electron chi connectivity index (χ1n) is 9.66. The van der Waals surface area contributed by atoms with E-state index in [-0.39, 0.29) is 17.2 Å². The maximum absolute atomic E-state index is 13.1. The first-order chi connectivity index (χ1) is 14.3. The van der Waals surface area contributed by atoms with E-state index < -0.39 is 23.7 Å². The molecule has 0 aliphatic carbocycles. The fourth-order valence-electron chi connectivity index (χ4n) is 3.70. The highest BCUT2D eigenvalue weighted by molar-refractivity contribution is 6.03. The van der Waals surface area contributed by atoms with Crippen LogP contribution < -0.4 is 5.32 Å². The van der Waals surface area contributed by atoms with Gasteiger partial charge in [-0.3, -0.25) is 9.59 Å². The molecule has 0 spiro atoms. The maximum atomic E-state index is 13.1. The Morgan fingerprint density at radius 2 is 1.73 bits per heavy atom. The number of amides is 2. The Kier molecular flexibility index (Phi) is 5.27. The number of carbonyl (C=O) groups excluding carboxylic acids is 2. The number of piperidine rings is 1. The minimum Gasteiger partial charge on any atom is -0.339 e. The third-order valence-corrected chi connectivity index (χ3v) is 5.24. The summed E-state index contributed by atoms with van der Waals surface area (Å²) in [5.74, 6) is -0.704. The van der Waals surface area contributed by atoms with Crippen LogP contribution in [0.5, 0.6) is 0 Å². The van der Waals surface area contributed by atoms with Crippen molar-refractivity contribution in [2.24, 2.45) is 10.2 Å². The largest absolute Gasteiger partial charge is 0.418 e. The fraction of sp³-hybridized carbons (Fsp3) is 0.333. The Morgan fingerprint density at radius 1 is 1.03 bits per heavy atom. The quantitative estimate of drug-likeness (QED) is 0.706. The number of hydrogen-bond acceptors (Lipinski definition) is 4. The van der Waals surface area contributed by atoms with Gasteiger partial charge in [-0.05, 0) is 49.6 Å². The number of nitrogens with zero attached hydrogens (tertiary/aromatic N) is 3. The van der Waals surface area contributed by atoms with Crippen molar-refractivity contribution in [3.8, 4) is 0 Å². The number of benzene rings is 2. The lowest BCUT2D eigenvalue weighted by molar-refractivity contribution is -0.136. The second-order valence-corrected chi connectivity index (χ2v) is 7.27. The van der Waals surface area contributed by atoms with Gasteiger partial charge in [-0.2, -0.15) is 23.4 Å². The predicted octanol–water partition coefficient (Wildman–Crippen LogP) is 5.11. The molecule has 2 aromatic carbocycles. The molecule has 2 amide bonds. The molecule has 0 unspecified atom stereocenters. The van der Waals surface area contributed by atoms with Gasteiger partial charge in [0.1, 0.15) is 0 Å². The Labute approximate surface area is 170 Å². The summed E-state index contributed by atoms with van der Waals surface area (Å²) in [7, 11) is 0. The van der Waals surface area contributed by atoms with Crippen molar-refractivity contribution in [1.82, 2.24) is 4.90 Å². The summed E-state index contributed by atoms with van der Waals surface area (Å²) < 4.78 is 39.4. The van der Waals surface area contributed by atoms with E-state index in [2.05, 4.69) is 15.5 Å². The molecule has 2 heterocycles. The van der Waals surface area contributed by atoms with E-state index in [1.165, 1.54) is 12.1 Å². The van der Waals surface area contributed by atoms with Crippen molar-refractivity contribution >= 4 is 23.2 Å². The molecule has 9 heteroatoms. The summed E-state index contributed by atoms with van der Waals surface area (Å²) in [6, 6.07) is 8.89. The van der Waals surface area contributed by atoms with Gasteiger partial charge in [0.25, 0.3) is 11.8 Å². The summed E-state index contributed by atoms with van der Waals surface area (Å²) in [4.78, 5) is 26.5. The molecule has 4 rings (SSSR count). The summed E-state index contributed by atoms with van der Waals surface area (Å²) in [6.45, 7) is 1.49. The zero-order chi connectivity index (χ0) is 21.3. The molecule has 2 aliphatic rings. The van der Waals surface area contributed by atoms with E-state index in [1.54, 1.807) is 24.3 Å². The number of nitrogens with one attached hydrogen (secondary N) is 1. The van der Waals surface area contributed by atoms with Crippen molar-refractivity contribution in [3.63, 3.8) is 0 Å². The van der Waals surface area contributed by atoms with Crippen LogP contribution in [0.4, 0.5) is 24.5 Å². The van der Waals surface area contributed by atoms with Crippen molar-refractivity contribution in [2.45, 2.75) is 31.5 Å². The Morgan fingerprint density at radius 3 is 2.40 bits per heavy atom. The van der Waals surface area contributed by atoms with Gasteiger partial charge in [0.2, 0.25) is 0 Å². The number of alkyl halides is 3. The highest BCUT2D eigenvalue weighted by Crippen LogP contribution is 2.43. The average molecular weight is 416 g/mol. The smallest absolute Gasteiger partial charge is 0.339 e. The molecule has 0 bridgehead atoms. The fourth-order valence-corrected chi connectivity index (χ4v) is 3.70. The number of para-hydroxylation sites is 1. The molecule has 0 radical (unpaired) electrons. The van der Waals surface area contributed by atoms with Crippen LogP contribution in [0.25, 0.3) is 0 Å². The van der Waals surface area contributed by atoms with E-state index in [0.29, 0.717) is 11.3 Å². The number of carbonyl (C=O) groups is 2. The number of likely N-dealkylation sites (tertiary alicyclic amines) is 1. The van der Waals surface area contributed by atoms with Crippen LogP contribution in [0.1, 0.15) is 46.8 Å². The molecule has 1 saturated heterocycles. The van der Waals surface area contributed by atoms with Gasteiger partial charge in [-0.25, -0.2) is 0 Å². The zero-order valence-corrected chi connectivity index (χ0v) is 15.9. The second-order valence-electron chi connectivity index (χ2n) is 7.27. The van der Waals surface area contributed by atoms with Gasteiger partial charge < -0.3 is 10.2 Å². The second kappa shape index (κ2) is 7.89. The molecule has 1 atom stereocenters. The van der Waals surface area contributed by atoms with E-state index in [1.807, 2.05) is 4.90 Å². The molecule has 2 aliphatic heterocycles. The van der Waals surface area contributed by atoms with E-state index >= 15 is 0 Å². The first kappa shape index (κ1) is 20.1. The third-order valence-electron chi connectivity index (χ3n) is 5.24.